The number of amides is 1. The highest BCUT2D eigenvalue weighted by Crippen LogP contribution is 2.16. The van der Waals surface area contributed by atoms with Gasteiger partial charge in [-0.1, -0.05) is 11.8 Å². The van der Waals surface area contributed by atoms with Gasteiger partial charge in [-0.2, -0.15) is 0 Å². The molecule has 0 saturated carbocycles. The van der Waals surface area contributed by atoms with Gasteiger partial charge in [0.25, 0.3) is 0 Å². The SMILES string of the molecule is O=C(CSc1nnc2c(=O)n(-c3ccc(F)cc3)ccn12)NC[C@H]1CCCO1. The van der Waals surface area contributed by atoms with Gasteiger partial charge in [-0.05, 0) is 37.1 Å². The van der Waals surface area contributed by atoms with E-state index in [2.05, 4.69) is 15.5 Å². The number of hydrogen-bond acceptors (Lipinski definition) is 6. The third-order valence-electron chi connectivity index (χ3n) is 4.43. The highest BCUT2D eigenvalue weighted by molar-refractivity contribution is 7.99. The zero-order chi connectivity index (χ0) is 19.5. The molecule has 1 aliphatic rings. The highest BCUT2D eigenvalue weighted by atomic mass is 32.2. The number of fused-ring (bicyclic) bond motifs is 1. The zero-order valence-electron chi connectivity index (χ0n) is 14.9. The molecule has 1 aliphatic heterocycles. The number of halogens is 1. The number of thioether (sulfide) groups is 1. The van der Waals surface area contributed by atoms with Crippen LogP contribution in [0, 0.1) is 5.82 Å². The minimum atomic E-state index is -0.378. The molecule has 0 bridgehead atoms. The average molecular weight is 403 g/mol. The Kier molecular flexibility index (Phi) is 5.40. The number of carbonyl (C=O) groups is 1. The van der Waals surface area contributed by atoms with Crippen LogP contribution in [0.3, 0.4) is 0 Å². The van der Waals surface area contributed by atoms with Crippen LogP contribution >= 0.6 is 11.8 Å². The van der Waals surface area contributed by atoms with E-state index in [4.69, 9.17) is 4.74 Å². The molecule has 3 aromatic rings. The Morgan fingerprint density at radius 2 is 2.11 bits per heavy atom. The lowest BCUT2D eigenvalue weighted by molar-refractivity contribution is -0.119. The monoisotopic (exact) mass is 403 g/mol. The zero-order valence-corrected chi connectivity index (χ0v) is 15.7. The maximum Gasteiger partial charge on any atom is 0.300 e. The van der Waals surface area contributed by atoms with Crippen LogP contribution in [0.1, 0.15) is 12.8 Å². The first-order valence-electron chi connectivity index (χ1n) is 8.85. The van der Waals surface area contributed by atoms with Crippen LogP contribution in [-0.4, -0.2) is 50.1 Å². The number of hydrogen-bond donors (Lipinski definition) is 1. The molecule has 1 amide bonds. The summed E-state index contributed by atoms with van der Waals surface area (Å²) in [7, 11) is 0. The molecule has 0 spiro atoms. The summed E-state index contributed by atoms with van der Waals surface area (Å²) in [5.74, 6) is -0.345. The quantitative estimate of drug-likeness (QED) is 0.626. The summed E-state index contributed by atoms with van der Waals surface area (Å²) >= 11 is 1.20. The Balaban J connectivity index is 1.45. The molecule has 10 heteroatoms. The average Bonchev–Trinajstić information content (AvgIpc) is 3.36. The summed E-state index contributed by atoms with van der Waals surface area (Å²) in [6.07, 6.45) is 5.28. The van der Waals surface area contributed by atoms with E-state index in [9.17, 15) is 14.0 Å². The van der Waals surface area contributed by atoms with E-state index >= 15 is 0 Å². The van der Waals surface area contributed by atoms with Crippen molar-refractivity contribution in [1.29, 1.82) is 0 Å². The molecule has 1 fully saturated rings. The summed E-state index contributed by atoms with van der Waals surface area (Å²) in [5, 5.41) is 11.2. The predicted octanol–water partition coefficient (Wildman–Crippen LogP) is 1.41. The van der Waals surface area contributed by atoms with Crippen molar-refractivity contribution in [2.24, 2.45) is 0 Å². The Bertz CT molecular complexity index is 1040. The summed E-state index contributed by atoms with van der Waals surface area (Å²) in [4.78, 5) is 24.7. The molecule has 0 radical (unpaired) electrons. The normalized spacial score (nSPS) is 16.5. The predicted molar refractivity (Wildman–Crippen MR) is 101 cm³/mol. The van der Waals surface area contributed by atoms with Crippen molar-refractivity contribution in [3.05, 3.63) is 52.8 Å². The van der Waals surface area contributed by atoms with E-state index in [1.807, 2.05) is 0 Å². The Morgan fingerprint density at radius 1 is 1.29 bits per heavy atom. The maximum absolute atomic E-state index is 13.1. The van der Waals surface area contributed by atoms with Crippen molar-refractivity contribution in [3.8, 4) is 5.69 Å². The maximum atomic E-state index is 13.1. The van der Waals surface area contributed by atoms with E-state index in [1.54, 1.807) is 16.8 Å². The number of rotatable bonds is 6. The third kappa shape index (κ3) is 3.92. The summed E-state index contributed by atoms with van der Waals surface area (Å²) in [5.41, 5.74) is 0.282. The second-order valence-electron chi connectivity index (χ2n) is 6.35. The summed E-state index contributed by atoms with van der Waals surface area (Å²) in [6, 6.07) is 5.59. The van der Waals surface area contributed by atoms with Crippen LogP contribution in [0.5, 0.6) is 0 Å². The Morgan fingerprint density at radius 3 is 2.86 bits per heavy atom. The van der Waals surface area contributed by atoms with Crippen molar-refractivity contribution >= 4 is 23.3 Å². The molecule has 146 valence electrons. The van der Waals surface area contributed by atoms with E-state index in [0.717, 1.165) is 19.4 Å². The Hall–Kier alpha value is -2.72. The first-order chi connectivity index (χ1) is 13.6. The van der Waals surface area contributed by atoms with E-state index in [0.29, 0.717) is 17.4 Å². The second-order valence-corrected chi connectivity index (χ2v) is 7.30. The molecule has 0 aliphatic carbocycles. The molecule has 3 heterocycles. The van der Waals surface area contributed by atoms with E-state index < -0.39 is 0 Å². The largest absolute Gasteiger partial charge is 0.376 e. The van der Waals surface area contributed by atoms with E-state index in [1.165, 1.54) is 40.6 Å². The van der Waals surface area contributed by atoms with Gasteiger partial charge in [0.1, 0.15) is 5.82 Å². The van der Waals surface area contributed by atoms with Gasteiger partial charge in [-0.15, -0.1) is 10.2 Å². The lowest BCUT2D eigenvalue weighted by atomic mass is 10.2. The summed E-state index contributed by atoms with van der Waals surface area (Å²) in [6.45, 7) is 1.25. The highest BCUT2D eigenvalue weighted by Gasteiger charge is 2.17. The minimum Gasteiger partial charge on any atom is -0.376 e. The molecule has 0 unspecified atom stereocenters. The van der Waals surface area contributed by atoms with Gasteiger partial charge >= 0.3 is 5.56 Å². The van der Waals surface area contributed by atoms with Gasteiger partial charge in [-0.25, -0.2) is 4.39 Å². The molecular formula is C18H18FN5O3S. The molecule has 2 aromatic heterocycles. The van der Waals surface area contributed by atoms with Crippen LogP contribution in [0.15, 0.2) is 46.6 Å². The number of carbonyl (C=O) groups excluding carboxylic acids is 1. The van der Waals surface area contributed by atoms with Gasteiger partial charge in [0.05, 0.1) is 11.9 Å². The number of nitrogens with one attached hydrogen (secondary N) is 1. The minimum absolute atomic E-state index is 0.0906. The topological polar surface area (TPSA) is 90.5 Å². The molecular weight excluding hydrogens is 385 g/mol. The van der Waals surface area contributed by atoms with Crippen LogP contribution < -0.4 is 10.9 Å². The fourth-order valence-corrected chi connectivity index (χ4v) is 3.73. The molecule has 1 atom stereocenters. The lowest BCUT2D eigenvalue weighted by Crippen LogP contribution is -2.32. The van der Waals surface area contributed by atoms with Gasteiger partial charge in [0, 0.05) is 31.2 Å². The van der Waals surface area contributed by atoms with Crippen molar-refractivity contribution in [2.75, 3.05) is 18.9 Å². The van der Waals surface area contributed by atoms with Gasteiger partial charge in [0.2, 0.25) is 11.6 Å². The molecule has 1 aromatic carbocycles. The van der Waals surface area contributed by atoms with Crippen LogP contribution in [0.2, 0.25) is 0 Å². The van der Waals surface area contributed by atoms with Crippen molar-refractivity contribution in [2.45, 2.75) is 24.1 Å². The Labute approximate surface area is 163 Å². The summed E-state index contributed by atoms with van der Waals surface area (Å²) < 4.78 is 21.5. The molecule has 1 saturated heterocycles. The lowest BCUT2D eigenvalue weighted by Gasteiger charge is -2.10. The first kappa shape index (κ1) is 18.6. The van der Waals surface area contributed by atoms with Gasteiger partial charge < -0.3 is 10.1 Å². The number of aromatic nitrogens is 4. The van der Waals surface area contributed by atoms with Crippen molar-refractivity contribution < 1.29 is 13.9 Å². The third-order valence-corrected chi connectivity index (χ3v) is 5.37. The number of benzene rings is 1. The molecule has 8 nitrogen and oxygen atoms in total. The van der Waals surface area contributed by atoms with E-state index in [-0.39, 0.29) is 34.8 Å². The molecule has 1 N–H and O–H groups in total. The van der Waals surface area contributed by atoms with Crippen molar-refractivity contribution in [3.63, 3.8) is 0 Å². The van der Waals surface area contributed by atoms with Gasteiger partial charge in [-0.3, -0.25) is 18.6 Å². The second kappa shape index (κ2) is 8.11. The van der Waals surface area contributed by atoms with Crippen LogP contribution in [0.25, 0.3) is 11.3 Å². The number of nitrogens with zero attached hydrogens (tertiary/aromatic N) is 4. The van der Waals surface area contributed by atoms with Gasteiger partial charge in [0.15, 0.2) is 5.16 Å². The van der Waals surface area contributed by atoms with Crippen LogP contribution in [-0.2, 0) is 9.53 Å². The van der Waals surface area contributed by atoms with Crippen molar-refractivity contribution in [1.82, 2.24) is 24.5 Å². The number of ether oxygens (including phenoxy) is 1. The fourth-order valence-electron chi connectivity index (χ4n) is 2.98. The smallest absolute Gasteiger partial charge is 0.300 e. The first-order valence-corrected chi connectivity index (χ1v) is 9.84. The standard InChI is InChI=1S/C18H18FN5O3S/c19-12-3-5-13(6-4-12)23-7-8-24-16(17(23)26)21-22-18(24)28-11-15(25)20-10-14-2-1-9-27-14/h3-8,14H,1-2,9-11H2,(H,20,25)/t14-/m1/s1. The van der Waals surface area contributed by atoms with Crippen LogP contribution in [0.4, 0.5) is 4.39 Å². The molecule has 4 rings (SSSR count). The fraction of sp³-hybridized carbons (Fsp3) is 0.333. The molecule has 28 heavy (non-hydrogen) atoms.